The van der Waals surface area contributed by atoms with Crippen LogP contribution in [0.25, 0.3) is 0 Å². The highest BCUT2D eigenvalue weighted by atomic mass is 14.9. The molecule has 2 heteroatoms. The first-order chi connectivity index (χ1) is 5.34. The summed E-state index contributed by atoms with van der Waals surface area (Å²) in [6, 6.07) is 2.14. The SMILES string of the molecule is CC1CC1CNCCCC#N. The van der Waals surface area contributed by atoms with E-state index in [0.717, 1.165) is 31.3 Å². The van der Waals surface area contributed by atoms with Gasteiger partial charge in [0, 0.05) is 6.42 Å². The smallest absolute Gasteiger partial charge is 0.0622 e. The van der Waals surface area contributed by atoms with Crippen LogP contribution in [0.3, 0.4) is 0 Å². The quantitative estimate of drug-likeness (QED) is 0.606. The lowest BCUT2D eigenvalue weighted by Gasteiger charge is -1.99. The Bertz CT molecular complexity index is 148. The summed E-state index contributed by atoms with van der Waals surface area (Å²) in [7, 11) is 0. The molecule has 11 heavy (non-hydrogen) atoms. The summed E-state index contributed by atoms with van der Waals surface area (Å²) in [6.07, 6.45) is 3.08. The maximum absolute atomic E-state index is 8.25. The van der Waals surface area contributed by atoms with Gasteiger partial charge in [-0.2, -0.15) is 5.26 Å². The minimum atomic E-state index is 0.688. The van der Waals surface area contributed by atoms with Crippen LogP contribution in [0.15, 0.2) is 0 Å². The molecule has 0 spiro atoms. The van der Waals surface area contributed by atoms with Crippen LogP contribution in [-0.2, 0) is 0 Å². The molecule has 0 radical (unpaired) electrons. The molecule has 0 aromatic heterocycles. The first-order valence-corrected chi connectivity index (χ1v) is 4.42. The van der Waals surface area contributed by atoms with Gasteiger partial charge in [0.2, 0.25) is 0 Å². The van der Waals surface area contributed by atoms with Crippen molar-refractivity contribution in [1.82, 2.24) is 5.32 Å². The number of nitriles is 1. The molecular weight excluding hydrogens is 136 g/mol. The van der Waals surface area contributed by atoms with Crippen LogP contribution in [0, 0.1) is 23.2 Å². The fourth-order valence-electron chi connectivity index (χ4n) is 1.26. The Morgan fingerprint density at radius 2 is 2.36 bits per heavy atom. The minimum Gasteiger partial charge on any atom is -0.316 e. The Kier molecular flexibility index (Phi) is 3.38. The fourth-order valence-corrected chi connectivity index (χ4v) is 1.26. The third kappa shape index (κ3) is 3.38. The van der Waals surface area contributed by atoms with E-state index < -0.39 is 0 Å². The number of nitrogens with zero attached hydrogens (tertiary/aromatic N) is 1. The lowest BCUT2D eigenvalue weighted by molar-refractivity contribution is 0.597. The topological polar surface area (TPSA) is 35.8 Å². The molecule has 2 nitrogen and oxygen atoms in total. The van der Waals surface area contributed by atoms with Crippen LogP contribution in [0.1, 0.15) is 26.2 Å². The van der Waals surface area contributed by atoms with Crippen LogP contribution < -0.4 is 5.32 Å². The van der Waals surface area contributed by atoms with Gasteiger partial charge >= 0.3 is 0 Å². The average Bonchev–Trinajstić information content (AvgIpc) is 2.67. The van der Waals surface area contributed by atoms with E-state index in [1.165, 1.54) is 6.42 Å². The van der Waals surface area contributed by atoms with E-state index in [1.807, 2.05) is 0 Å². The second-order valence-corrected chi connectivity index (χ2v) is 3.44. The van der Waals surface area contributed by atoms with Gasteiger partial charge in [0.15, 0.2) is 0 Å². The van der Waals surface area contributed by atoms with Crippen molar-refractivity contribution in [1.29, 1.82) is 5.26 Å². The molecule has 1 saturated carbocycles. The van der Waals surface area contributed by atoms with E-state index in [-0.39, 0.29) is 0 Å². The van der Waals surface area contributed by atoms with Crippen molar-refractivity contribution >= 4 is 0 Å². The van der Waals surface area contributed by atoms with Gasteiger partial charge < -0.3 is 5.32 Å². The Balaban J connectivity index is 1.79. The molecule has 0 saturated heterocycles. The number of rotatable bonds is 5. The molecule has 2 unspecified atom stereocenters. The molecule has 1 aliphatic rings. The van der Waals surface area contributed by atoms with Gasteiger partial charge in [-0.3, -0.25) is 0 Å². The number of hydrogen-bond donors (Lipinski definition) is 1. The summed E-state index contributed by atoms with van der Waals surface area (Å²) in [5, 5.41) is 11.6. The molecule has 0 aromatic rings. The van der Waals surface area contributed by atoms with Crippen LogP contribution in [0.2, 0.25) is 0 Å². The third-order valence-corrected chi connectivity index (χ3v) is 2.32. The minimum absolute atomic E-state index is 0.688. The second kappa shape index (κ2) is 4.35. The van der Waals surface area contributed by atoms with Crippen LogP contribution in [0.4, 0.5) is 0 Å². The van der Waals surface area contributed by atoms with Gasteiger partial charge in [0.25, 0.3) is 0 Å². The summed E-state index contributed by atoms with van der Waals surface area (Å²) in [4.78, 5) is 0. The molecule has 0 aliphatic heterocycles. The summed E-state index contributed by atoms with van der Waals surface area (Å²) in [5.74, 6) is 1.87. The lowest BCUT2D eigenvalue weighted by atomic mass is 10.3. The van der Waals surface area contributed by atoms with E-state index >= 15 is 0 Å². The van der Waals surface area contributed by atoms with E-state index in [4.69, 9.17) is 5.26 Å². The molecule has 0 heterocycles. The molecule has 1 fully saturated rings. The molecule has 62 valence electrons. The molecule has 1 rings (SSSR count). The van der Waals surface area contributed by atoms with E-state index in [1.54, 1.807) is 0 Å². The lowest BCUT2D eigenvalue weighted by Crippen LogP contribution is -2.18. The molecule has 1 aliphatic carbocycles. The molecule has 0 aromatic carbocycles. The van der Waals surface area contributed by atoms with Crippen molar-refractivity contribution < 1.29 is 0 Å². The number of unbranched alkanes of at least 4 members (excludes halogenated alkanes) is 1. The molecular formula is C9H16N2. The van der Waals surface area contributed by atoms with Gasteiger partial charge in [-0.15, -0.1) is 0 Å². The number of hydrogen-bond acceptors (Lipinski definition) is 2. The number of nitrogens with one attached hydrogen (secondary N) is 1. The van der Waals surface area contributed by atoms with E-state index in [0.29, 0.717) is 6.42 Å². The standard InChI is InChI=1S/C9H16N2/c1-8-6-9(8)7-11-5-3-2-4-10/h8-9,11H,2-3,5-7H2,1H3. The summed E-state index contributed by atoms with van der Waals surface area (Å²) >= 11 is 0. The molecule has 2 atom stereocenters. The second-order valence-electron chi connectivity index (χ2n) is 3.44. The Morgan fingerprint density at radius 1 is 1.64 bits per heavy atom. The first-order valence-electron chi connectivity index (χ1n) is 4.42. The van der Waals surface area contributed by atoms with Gasteiger partial charge in [0.05, 0.1) is 6.07 Å². The average molecular weight is 152 g/mol. The highest BCUT2D eigenvalue weighted by Gasteiger charge is 2.31. The predicted octanol–water partition coefficient (Wildman–Crippen LogP) is 1.54. The maximum atomic E-state index is 8.25. The largest absolute Gasteiger partial charge is 0.316 e. The summed E-state index contributed by atoms with van der Waals surface area (Å²) in [6.45, 7) is 4.46. The molecule has 0 bridgehead atoms. The zero-order chi connectivity index (χ0) is 8.10. The van der Waals surface area contributed by atoms with Crippen molar-refractivity contribution in [2.45, 2.75) is 26.2 Å². The third-order valence-electron chi connectivity index (χ3n) is 2.32. The summed E-state index contributed by atoms with van der Waals surface area (Å²) in [5.41, 5.74) is 0. The van der Waals surface area contributed by atoms with Crippen LogP contribution in [-0.4, -0.2) is 13.1 Å². The zero-order valence-electron chi connectivity index (χ0n) is 7.14. The van der Waals surface area contributed by atoms with Crippen molar-refractivity contribution in [3.05, 3.63) is 0 Å². The predicted molar refractivity (Wildman–Crippen MR) is 45.0 cm³/mol. The van der Waals surface area contributed by atoms with Gasteiger partial charge in [0.1, 0.15) is 0 Å². The van der Waals surface area contributed by atoms with Crippen LogP contribution >= 0.6 is 0 Å². The Hall–Kier alpha value is -0.550. The monoisotopic (exact) mass is 152 g/mol. The first kappa shape index (κ1) is 8.55. The maximum Gasteiger partial charge on any atom is 0.0622 e. The Labute approximate surface area is 68.6 Å². The van der Waals surface area contributed by atoms with Crippen molar-refractivity contribution in [3.63, 3.8) is 0 Å². The fraction of sp³-hybridized carbons (Fsp3) is 0.889. The van der Waals surface area contributed by atoms with Crippen LogP contribution in [0.5, 0.6) is 0 Å². The van der Waals surface area contributed by atoms with Gasteiger partial charge in [-0.05, 0) is 37.8 Å². The van der Waals surface area contributed by atoms with Gasteiger partial charge in [-0.25, -0.2) is 0 Å². The van der Waals surface area contributed by atoms with E-state index in [2.05, 4.69) is 18.3 Å². The molecule has 0 amide bonds. The summed E-state index contributed by atoms with van der Waals surface area (Å²) < 4.78 is 0. The van der Waals surface area contributed by atoms with Crippen molar-refractivity contribution in [2.24, 2.45) is 11.8 Å². The Morgan fingerprint density at radius 3 is 2.91 bits per heavy atom. The van der Waals surface area contributed by atoms with Gasteiger partial charge in [-0.1, -0.05) is 6.92 Å². The zero-order valence-corrected chi connectivity index (χ0v) is 7.14. The van der Waals surface area contributed by atoms with Crippen molar-refractivity contribution in [2.75, 3.05) is 13.1 Å². The highest BCUT2D eigenvalue weighted by molar-refractivity contribution is 4.83. The molecule has 1 N–H and O–H groups in total. The van der Waals surface area contributed by atoms with E-state index in [9.17, 15) is 0 Å². The highest BCUT2D eigenvalue weighted by Crippen LogP contribution is 2.36. The normalized spacial score (nSPS) is 28.0. The van der Waals surface area contributed by atoms with Crippen molar-refractivity contribution in [3.8, 4) is 6.07 Å².